The second kappa shape index (κ2) is 23.7. The number of rotatable bonds is 18. The number of aromatic amines is 3. The summed E-state index contributed by atoms with van der Waals surface area (Å²) in [5, 5.41) is 9.72. The lowest BCUT2D eigenvalue weighted by atomic mass is 10.1. The Balaban J connectivity index is 0.000000188. The van der Waals surface area contributed by atoms with Crippen LogP contribution in [-0.2, 0) is 50.7 Å². The van der Waals surface area contributed by atoms with Crippen LogP contribution in [0.2, 0.25) is 0 Å². The molecule has 23 heteroatoms. The first-order valence-corrected chi connectivity index (χ1v) is 25.9. The Labute approximate surface area is 413 Å². The van der Waals surface area contributed by atoms with Crippen LogP contribution in [0.1, 0.15) is 138 Å². The van der Waals surface area contributed by atoms with Gasteiger partial charge in [-0.15, -0.1) is 21.8 Å². The van der Waals surface area contributed by atoms with E-state index in [2.05, 4.69) is 74.6 Å². The first-order valence-electron chi connectivity index (χ1n) is 24.0. The molecular formula is C46H65ClN16O4S2. The molecule has 8 heterocycles. The molecule has 8 aromatic rings. The highest BCUT2D eigenvalue weighted by atomic mass is 35.5. The number of unbranched alkanes of at least 4 members (excludes halogenated alkanes) is 4. The van der Waals surface area contributed by atoms with Gasteiger partial charge in [-0.2, -0.15) is 9.97 Å². The van der Waals surface area contributed by atoms with Gasteiger partial charge in [0.2, 0.25) is 0 Å². The Morgan fingerprint density at radius 2 is 1.07 bits per heavy atom. The van der Waals surface area contributed by atoms with E-state index in [0.29, 0.717) is 93.3 Å². The largest absolute Gasteiger partial charge is 0.330 e. The highest BCUT2D eigenvalue weighted by molar-refractivity contribution is 7.98. The molecule has 0 aliphatic carbocycles. The van der Waals surface area contributed by atoms with Gasteiger partial charge in [0.05, 0.1) is 11.6 Å². The van der Waals surface area contributed by atoms with Crippen molar-refractivity contribution in [2.45, 2.75) is 176 Å². The number of aryl methyl sites for hydroxylation is 8. The Morgan fingerprint density at radius 1 is 0.580 bits per heavy atom. The molecule has 0 saturated heterocycles. The molecule has 0 aliphatic heterocycles. The fourth-order valence-electron chi connectivity index (χ4n) is 8.30. The second-order valence-electron chi connectivity index (χ2n) is 16.8. The molecule has 0 fully saturated rings. The van der Waals surface area contributed by atoms with Gasteiger partial charge in [-0.3, -0.25) is 28.7 Å². The number of H-pyrrole nitrogens is 3. The van der Waals surface area contributed by atoms with Crippen molar-refractivity contribution < 1.29 is 0 Å². The third-order valence-corrected chi connectivity index (χ3v) is 13.6. The Bertz CT molecular complexity index is 3390. The number of alkyl halides is 1. The summed E-state index contributed by atoms with van der Waals surface area (Å²) in [4.78, 5) is 79.2. The number of nitrogens with zero attached hydrogens (tertiary/aromatic N) is 13. The lowest BCUT2D eigenvalue weighted by Crippen LogP contribution is -2.31. The van der Waals surface area contributed by atoms with Crippen molar-refractivity contribution in [3.8, 4) is 0 Å². The number of hydrogen-bond acceptors (Lipinski definition) is 13. The average molecular weight is 1010 g/mol. The van der Waals surface area contributed by atoms with Gasteiger partial charge in [0.15, 0.2) is 38.3 Å². The van der Waals surface area contributed by atoms with Crippen LogP contribution in [0.4, 0.5) is 0 Å². The van der Waals surface area contributed by atoms with Gasteiger partial charge in [0, 0.05) is 49.0 Å². The summed E-state index contributed by atoms with van der Waals surface area (Å²) in [6.07, 6.45) is 10.2. The number of halogens is 1. The highest BCUT2D eigenvalue weighted by Crippen LogP contribution is 2.25. The third kappa shape index (κ3) is 11.3. The second-order valence-corrected chi connectivity index (χ2v) is 18.4. The molecule has 0 saturated carbocycles. The van der Waals surface area contributed by atoms with Crippen molar-refractivity contribution in [3.63, 3.8) is 0 Å². The summed E-state index contributed by atoms with van der Waals surface area (Å²) in [6.45, 7) is 22.8. The van der Waals surface area contributed by atoms with E-state index in [1.54, 1.807) is 18.2 Å². The van der Waals surface area contributed by atoms with Gasteiger partial charge in [0.1, 0.15) is 5.65 Å². The molecule has 8 rings (SSSR count). The first kappa shape index (κ1) is 52.6. The molecular weight excluding hydrogens is 940 g/mol. The molecule has 372 valence electrons. The van der Waals surface area contributed by atoms with Crippen LogP contribution in [0.5, 0.6) is 0 Å². The fourth-order valence-corrected chi connectivity index (χ4v) is 9.63. The summed E-state index contributed by atoms with van der Waals surface area (Å²) in [7, 11) is 0. The molecule has 0 amide bonds. The van der Waals surface area contributed by atoms with Crippen molar-refractivity contribution in [2.75, 3.05) is 0 Å². The van der Waals surface area contributed by atoms with Crippen LogP contribution in [0.25, 0.3) is 33.9 Å². The minimum Gasteiger partial charge on any atom is -0.316 e. The van der Waals surface area contributed by atoms with Crippen LogP contribution < -0.4 is 22.5 Å². The van der Waals surface area contributed by atoms with E-state index in [9.17, 15) is 19.2 Å². The number of hydrogen-bond donors (Lipinski definition) is 3. The van der Waals surface area contributed by atoms with E-state index < -0.39 is 16.8 Å². The van der Waals surface area contributed by atoms with Gasteiger partial charge in [-0.25, -0.2) is 33.6 Å². The maximum atomic E-state index is 12.6. The lowest BCUT2D eigenvalue weighted by molar-refractivity contribution is 0.613. The zero-order valence-corrected chi connectivity index (χ0v) is 43.8. The molecule has 3 N–H and O–H groups in total. The Morgan fingerprint density at radius 3 is 1.59 bits per heavy atom. The predicted octanol–water partition coefficient (Wildman–Crippen LogP) is 7.59. The van der Waals surface area contributed by atoms with Crippen LogP contribution in [0.15, 0.2) is 24.3 Å². The van der Waals surface area contributed by atoms with E-state index >= 15 is 0 Å². The van der Waals surface area contributed by atoms with Crippen molar-refractivity contribution in [3.05, 3.63) is 92.0 Å². The van der Waals surface area contributed by atoms with Gasteiger partial charge >= 0.3 is 11.4 Å². The van der Waals surface area contributed by atoms with Crippen molar-refractivity contribution >= 4 is 69.5 Å². The summed E-state index contributed by atoms with van der Waals surface area (Å²) >= 11 is 12.4. The summed E-state index contributed by atoms with van der Waals surface area (Å²) in [5.41, 5.74) is 6.99. The molecule has 0 bridgehead atoms. The van der Waals surface area contributed by atoms with E-state index in [-0.39, 0.29) is 5.69 Å². The zero-order chi connectivity index (χ0) is 50.1. The van der Waals surface area contributed by atoms with Crippen molar-refractivity contribution in [1.29, 1.82) is 0 Å². The molecule has 0 spiro atoms. The predicted molar refractivity (Wildman–Crippen MR) is 275 cm³/mol. The lowest BCUT2D eigenvalue weighted by Gasteiger charge is -2.09. The molecule has 0 radical (unpaired) electrons. The molecule has 0 aromatic carbocycles. The number of fused-ring (bicyclic) bond motifs is 4. The number of imidazole rings is 2. The molecule has 0 aliphatic rings. The first-order chi connectivity index (χ1) is 33.2. The van der Waals surface area contributed by atoms with E-state index in [1.807, 2.05) is 43.7 Å². The maximum Gasteiger partial charge on any atom is 0.330 e. The third-order valence-electron chi connectivity index (χ3n) is 12.1. The number of aromatic nitrogens is 16. The number of nitrogens with one attached hydrogen (secondary N) is 3. The monoisotopic (exact) mass is 1000 g/mol. The topological polar surface area (TPSA) is 234 Å². The fraction of sp³-hybridized carbons (Fsp3) is 0.565. The van der Waals surface area contributed by atoms with Crippen LogP contribution in [-0.4, -0.2) is 77.4 Å². The molecule has 8 aromatic heterocycles. The summed E-state index contributed by atoms with van der Waals surface area (Å²) in [5.74, 6) is 3.34. The van der Waals surface area contributed by atoms with E-state index in [0.717, 1.165) is 74.1 Å². The Kier molecular flexibility index (Phi) is 18.1. The zero-order valence-electron chi connectivity index (χ0n) is 41.5. The minimum atomic E-state index is -0.416. The van der Waals surface area contributed by atoms with Gasteiger partial charge in [0.25, 0.3) is 22.7 Å². The van der Waals surface area contributed by atoms with Crippen LogP contribution >= 0.6 is 35.6 Å². The van der Waals surface area contributed by atoms with Gasteiger partial charge in [-0.1, -0.05) is 65.1 Å². The van der Waals surface area contributed by atoms with Crippen molar-refractivity contribution in [1.82, 2.24) is 77.4 Å². The molecule has 0 atom stereocenters. The van der Waals surface area contributed by atoms with Gasteiger partial charge in [-0.05, 0) is 103 Å². The highest BCUT2D eigenvalue weighted by Gasteiger charge is 2.20. The Hall–Kier alpha value is -5.74. The quantitative estimate of drug-likeness (QED) is 0.0428. The smallest absolute Gasteiger partial charge is 0.316 e. The molecule has 0 unspecified atom stereocenters. The van der Waals surface area contributed by atoms with Crippen molar-refractivity contribution in [2.24, 2.45) is 0 Å². The minimum absolute atomic E-state index is 0.326. The summed E-state index contributed by atoms with van der Waals surface area (Å²) < 4.78 is 10.8. The van der Waals surface area contributed by atoms with Crippen LogP contribution in [0.3, 0.4) is 0 Å². The van der Waals surface area contributed by atoms with Crippen LogP contribution in [0, 0.1) is 32.5 Å². The normalized spacial score (nSPS) is 11.5. The number of thioether (sulfide) groups is 1. The maximum absolute atomic E-state index is 12.6. The summed E-state index contributed by atoms with van der Waals surface area (Å²) in [6, 6.07) is 0. The van der Waals surface area contributed by atoms with Gasteiger partial charge < -0.3 is 14.1 Å². The molecule has 20 nitrogen and oxygen atoms in total. The average Bonchev–Trinajstić information content (AvgIpc) is 4.11. The molecule has 69 heavy (non-hydrogen) atoms. The van der Waals surface area contributed by atoms with E-state index in [4.69, 9.17) is 33.9 Å². The SMILES string of the molecule is CCCCc1c(C)nc2nc(CCl)nn2c1C.CCCCc1c(C)nc2nc(CSc3nc4c(c(=O)[nH]c(=O)n4CCCC)n3CC)nn2c1C.CCCCn1c(=O)[nH]c(=O)c2c1[nH]c(=S)n2CC. The van der Waals surface area contributed by atoms with E-state index in [1.165, 1.54) is 35.7 Å². The standard InChI is InChI=1S/C23H32N8O2S.C12H17ClN4.C11H16N4O2S/c1-6-9-11-16-14(4)24-21-25-17(28-31(21)15(16)5)13-34-23-26-19-18(29(23)8-3)20(32)27-22(33)30(19)12-10-7-2;1-4-5-6-10-8(2)14-12-15-11(7-13)16-17(12)9(10)3;1-3-5-6-15-8-7(9(16)13-10(15)17)14(4-2)11(18)12-8/h6-13H2,1-5H3,(H,27,32,33);4-7H2,1-3H3;3-6H2,1-2H3,(H,12,18)(H,13,16,17).